The van der Waals surface area contributed by atoms with Crippen LogP contribution in [0, 0.1) is 13.8 Å². The van der Waals surface area contributed by atoms with Crippen molar-refractivity contribution in [2.75, 3.05) is 27.2 Å². The number of nitrogens with one attached hydrogen (secondary N) is 1. The Balaban J connectivity index is 2.25. The predicted molar refractivity (Wildman–Crippen MR) is 70.1 cm³/mol. The molecule has 0 fully saturated rings. The summed E-state index contributed by atoms with van der Waals surface area (Å²) in [6.07, 6.45) is -0.294. The van der Waals surface area contributed by atoms with Crippen LogP contribution in [0.2, 0.25) is 0 Å². The maximum atomic E-state index is 9.66. The van der Waals surface area contributed by atoms with Crippen molar-refractivity contribution in [2.24, 2.45) is 0 Å². The van der Waals surface area contributed by atoms with Crippen molar-refractivity contribution in [2.45, 2.75) is 26.5 Å². The number of rotatable bonds is 6. The Hall–Kier alpha value is -0.420. The van der Waals surface area contributed by atoms with Crippen LogP contribution in [0.5, 0.6) is 0 Å². The number of hydrogen-bond acceptors (Lipinski definition) is 4. The van der Waals surface area contributed by atoms with Gasteiger partial charge in [0.25, 0.3) is 0 Å². The van der Waals surface area contributed by atoms with E-state index in [0.717, 1.165) is 6.54 Å². The molecule has 0 amide bonds. The van der Waals surface area contributed by atoms with E-state index in [0.29, 0.717) is 13.1 Å². The van der Waals surface area contributed by atoms with E-state index in [2.05, 4.69) is 25.2 Å². The lowest BCUT2D eigenvalue weighted by Gasteiger charge is -2.16. The molecule has 1 heterocycles. The largest absolute Gasteiger partial charge is 0.390 e. The Morgan fingerprint density at radius 3 is 2.62 bits per heavy atom. The third-order valence-corrected chi connectivity index (χ3v) is 3.62. The van der Waals surface area contributed by atoms with Crippen molar-refractivity contribution in [3.05, 3.63) is 21.4 Å². The number of nitrogens with zero attached hydrogens (tertiary/aromatic N) is 1. The second kappa shape index (κ2) is 6.35. The minimum Gasteiger partial charge on any atom is -0.390 e. The van der Waals surface area contributed by atoms with Crippen molar-refractivity contribution in [1.29, 1.82) is 0 Å². The normalized spacial score (nSPS) is 13.4. The van der Waals surface area contributed by atoms with Crippen molar-refractivity contribution in [3.8, 4) is 0 Å². The maximum Gasteiger partial charge on any atom is 0.0791 e. The van der Waals surface area contributed by atoms with Crippen molar-refractivity contribution in [1.82, 2.24) is 10.2 Å². The molecule has 0 bridgehead atoms. The van der Waals surface area contributed by atoms with Crippen LogP contribution in [0.3, 0.4) is 0 Å². The zero-order chi connectivity index (χ0) is 12.1. The van der Waals surface area contributed by atoms with Gasteiger partial charge in [0.2, 0.25) is 0 Å². The number of hydrogen-bond donors (Lipinski definition) is 2. The third kappa shape index (κ3) is 4.61. The van der Waals surface area contributed by atoms with Gasteiger partial charge < -0.3 is 15.3 Å². The molecule has 0 aliphatic rings. The molecule has 3 nitrogen and oxygen atoms in total. The third-order valence-electron chi connectivity index (χ3n) is 2.47. The first kappa shape index (κ1) is 13.6. The molecule has 92 valence electrons. The molecule has 0 spiro atoms. The van der Waals surface area contributed by atoms with Crippen LogP contribution in [0.25, 0.3) is 0 Å². The van der Waals surface area contributed by atoms with E-state index in [1.54, 1.807) is 0 Å². The number of aryl methyl sites for hydroxylation is 2. The Morgan fingerprint density at radius 1 is 1.44 bits per heavy atom. The lowest BCUT2D eigenvalue weighted by Crippen LogP contribution is -2.34. The highest BCUT2D eigenvalue weighted by Crippen LogP contribution is 2.20. The molecule has 0 aromatic carbocycles. The van der Waals surface area contributed by atoms with Gasteiger partial charge in [-0.1, -0.05) is 0 Å². The monoisotopic (exact) mass is 242 g/mol. The van der Waals surface area contributed by atoms with Crippen LogP contribution in [0.15, 0.2) is 6.07 Å². The summed E-state index contributed by atoms with van der Waals surface area (Å²) in [6.45, 7) is 6.48. The van der Waals surface area contributed by atoms with Crippen LogP contribution in [0.1, 0.15) is 15.3 Å². The average molecular weight is 242 g/mol. The summed E-state index contributed by atoms with van der Waals surface area (Å²) in [6, 6.07) is 2.21. The molecule has 1 atom stereocenters. The van der Waals surface area contributed by atoms with Crippen molar-refractivity contribution >= 4 is 11.3 Å². The molecule has 0 saturated heterocycles. The lowest BCUT2D eigenvalue weighted by molar-refractivity contribution is 0.134. The highest BCUT2D eigenvalue weighted by molar-refractivity contribution is 7.12. The van der Waals surface area contributed by atoms with Crippen LogP contribution >= 0.6 is 11.3 Å². The minimum absolute atomic E-state index is 0.294. The molecule has 1 rings (SSSR count). The first-order chi connectivity index (χ1) is 7.49. The van der Waals surface area contributed by atoms with Crippen molar-refractivity contribution < 1.29 is 5.11 Å². The molecule has 16 heavy (non-hydrogen) atoms. The Bertz CT molecular complexity index is 303. The standard InChI is InChI=1S/C12H22N2OS/c1-9-5-12(16-10(9)2)7-13-6-11(15)8-14(3)4/h5,11,13,15H,6-8H2,1-4H3. The molecular weight excluding hydrogens is 220 g/mol. The van der Waals surface area contributed by atoms with E-state index >= 15 is 0 Å². The highest BCUT2D eigenvalue weighted by atomic mass is 32.1. The van der Waals surface area contributed by atoms with Gasteiger partial charge >= 0.3 is 0 Å². The summed E-state index contributed by atoms with van der Waals surface area (Å²) < 4.78 is 0. The number of aliphatic hydroxyl groups excluding tert-OH is 1. The average Bonchev–Trinajstić information content (AvgIpc) is 2.44. The number of thiophene rings is 1. The Labute approximate surface area is 102 Å². The Morgan fingerprint density at radius 2 is 2.12 bits per heavy atom. The first-order valence-electron chi connectivity index (χ1n) is 5.58. The SMILES string of the molecule is Cc1cc(CNCC(O)CN(C)C)sc1C. The van der Waals surface area contributed by atoms with Crippen LogP contribution < -0.4 is 5.32 Å². The number of likely N-dealkylation sites (N-methyl/N-ethyl adjacent to an activating group) is 1. The van der Waals surface area contributed by atoms with E-state index in [1.807, 2.05) is 30.3 Å². The second-order valence-corrected chi connectivity index (χ2v) is 5.84. The molecule has 0 aliphatic heterocycles. The summed E-state index contributed by atoms with van der Waals surface area (Å²) >= 11 is 1.83. The predicted octanol–water partition coefficient (Wildman–Crippen LogP) is 1.38. The zero-order valence-corrected chi connectivity index (χ0v) is 11.4. The molecule has 0 aliphatic carbocycles. The molecule has 1 unspecified atom stereocenters. The zero-order valence-electron chi connectivity index (χ0n) is 10.6. The van der Waals surface area contributed by atoms with E-state index in [1.165, 1.54) is 15.3 Å². The molecule has 0 radical (unpaired) electrons. The van der Waals surface area contributed by atoms with E-state index in [-0.39, 0.29) is 6.10 Å². The first-order valence-corrected chi connectivity index (χ1v) is 6.40. The fourth-order valence-electron chi connectivity index (χ4n) is 1.58. The Kier molecular flexibility index (Phi) is 5.41. The van der Waals surface area contributed by atoms with Crippen LogP contribution in [-0.2, 0) is 6.54 Å². The molecule has 1 aromatic rings. The maximum absolute atomic E-state index is 9.66. The molecule has 0 saturated carbocycles. The summed E-state index contributed by atoms with van der Waals surface area (Å²) in [5.74, 6) is 0. The van der Waals surface area contributed by atoms with Crippen LogP contribution in [0.4, 0.5) is 0 Å². The molecular formula is C12H22N2OS. The molecule has 2 N–H and O–H groups in total. The van der Waals surface area contributed by atoms with Gasteiger partial charge in [0.05, 0.1) is 6.10 Å². The van der Waals surface area contributed by atoms with Gasteiger partial charge in [0, 0.05) is 29.4 Å². The van der Waals surface area contributed by atoms with Gasteiger partial charge in [-0.2, -0.15) is 0 Å². The summed E-state index contributed by atoms with van der Waals surface area (Å²) in [7, 11) is 3.93. The van der Waals surface area contributed by atoms with E-state index in [4.69, 9.17) is 0 Å². The molecule has 4 heteroatoms. The summed E-state index contributed by atoms with van der Waals surface area (Å²) in [4.78, 5) is 4.71. The molecule has 1 aromatic heterocycles. The van der Waals surface area contributed by atoms with Gasteiger partial charge in [0.1, 0.15) is 0 Å². The van der Waals surface area contributed by atoms with Crippen molar-refractivity contribution in [3.63, 3.8) is 0 Å². The fourth-order valence-corrected chi connectivity index (χ4v) is 2.61. The number of aliphatic hydroxyl groups is 1. The van der Waals surface area contributed by atoms with Gasteiger partial charge in [-0.05, 0) is 39.6 Å². The summed E-state index contributed by atoms with van der Waals surface area (Å²) in [5.41, 5.74) is 1.36. The second-order valence-electron chi connectivity index (χ2n) is 4.50. The van der Waals surface area contributed by atoms with Gasteiger partial charge in [0.15, 0.2) is 0 Å². The lowest BCUT2D eigenvalue weighted by atomic mass is 10.3. The minimum atomic E-state index is -0.294. The van der Waals surface area contributed by atoms with Crippen LogP contribution in [-0.4, -0.2) is 43.3 Å². The fraction of sp³-hybridized carbons (Fsp3) is 0.667. The quantitative estimate of drug-likeness (QED) is 0.791. The topological polar surface area (TPSA) is 35.5 Å². The van der Waals surface area contributed by atoms with Gasteiger partial charge in [-0.25, -0.2) is 0 Å². The van der Waals surface area contributed by atoms with E-state index < -0.39 is 0 Å². The van der Waals surface area contributed by atoms with Gasteiger partial charge in [-0.15, -0.1) is 11.3 Å². The highest BCUT2D eigenvalue weighted by Gasteiger charge is 2.06. The van der Waals surface area contributed by atoms with Gasteiger partial charge in [-0.3, -0.25) is 0 Å². The smallest absolute Gasteiger partial charge is 0.0791 e. The summed E-state index contributed by atoms with van der Waals surface area (Å²) in [5, 5.41) is 12.9. The van der Waals surface area contributed by atoms with E-state index in [9.17, 15) is 5.11 Å².